The van der Waals surface area contributed by atoms with Gasteiger partial charge in [0, 0.05) is 11.3 Å². The van der Waals surface area contributed by atoms with Crippen LogP contribution in [0.4, 0.5) is 0 Å². The minimum atomic E-state index is -0.435. The van der Waals surface area contributed by atoms with E-state index in [0.717, 1.165) is 25.0 Å². The van der Waals surface area contributed by atoms with Crippen molar-refractivity contribution in [3.63, 3.8) is 0 Å². The highest BCUT2D eigenvalue weighted by atomic mass is 32.2. The molecule has 1 N–H and O–H groups in total. The van der Waals surface area contributed by atoms with Crippen molar-refractivity contribution in [3.8, 4) is 0 Å². The van der Waals surface area contributed by atoms with E-state index < -0.39 is 5.54 Å². The summed E-state index contributed by atoms with van der Waals surface area (Å²) < 4.78 is 4.95. The van der Waals surface area contributed by atoms with E-state index in [9.17, 15) is 4.79 Å². The maximum absolute atomic E-state index is 11.9. The van der Waals surface area contributed by atoms with Crippen molar-refractivity contribution in [3.05, 3.63) is 0 Å². The number of rotatable bonds is 5. The Kier molecular flexibility index (Phi) is 5.12. The van der Waals surface area contributed by atoms with E-state index in [2.05, 4.69) is 26.1 Å². The Morgan fingerprint density at radius 3 is 2.81 bits per heavy atom. The highest BCUT2D eigenvalue weighted by Crippen LogP contribution is 2.38. The summed E-state index contributed by atoms with van der Waals surface area (Å²) in [5.74, 6) is 1.02. The number of carbonyl (C=O) groups is 1. The van der Waals surface area contributed by atoms with E-state index in [0.29, 0.717) is 11.3 Å². The molecule has 3 nitrogen and oxygen atoms in total. The molecule has 0 aromatic rings. The number of methoxy groups -OCH3 is 1. The van der Waals surface area contributed by atoms with Crippen LogP contribution in [0.1, 0.15) is 40.0 Å². The molecule has 0 radical (unpaired) electrons. The summed E-state index contributed by atoms with van der Waals surface area (Å²) in [6, 6.07) is 0.310. The monoisotopic (exact) mass is 245 g/mol. The van der Waals surface area contributed by atoms with Gasteiger partial charge >= 0.3 is 5.97 Å². The Hall–Kier alpha value is -0.220. The fourth-order valence-corrected chi connectivity index (χ4v) is 3.66. The average molecular weight is 245 g/mol. The minimum Gasteiger partial charge on any atom is -0.468 e. The molecule has 1 rings (SSSR count). The molecule has 0 bridgehead atoms. The van der Waals surface area contributed by atoms with Gasteiger partial charge in [0.25, 0.3) is 0 Å². The summed E-state index contributed by atoms with van der Waals surface area (Å²) in [5.41, 5.74) is -0.435. The van der Waals surface area contributed by atoms with Gasteiger partial charge in [-0.05, 0) is 38.9 Å². The van der Waals surface area contributed by atoms with Crippen LogP contribution in [0.15, 0.2) is 0 Å². The number of ether oxygens (including phenoxy) is 1. The first-order chi connectivity index (χ1) is 7.54. The largest absolute Gasteiger partial charge is 0.468 e. The van der Waals surface area contributed by atoms with Gasteiger partial charge in [0.15, 0.2) is 0 Å². The second-order valence-corrected chi connectivity index (χ2v) is 6.27. The van der Waals surface area contributed by atoms with E-state index >= 15 is 0 Å². The highest BCUT2D eigenvalue weighted by molar-refractivity contribution is 7.99. The molecule has 2 atom stereocenters. The summed E-state index contributed by atoms with van der Waals surface area (Å²) in [4.78, 5) is 11.9. The van der Waals surface area contributed by atoms with Gasteiger partial charge in [-0.25, -0.2) is 0 Å². The SMILES string of the molecule is CCSC1CCC(NC(C)C)(C(=O)OC)C1. The molecule has 2 unspecified atom stereocenters. The molecule has 1 saturated carbocycles. The molecule has 0 saturated heterocycles. The molecular weight excluding hydrogens is 222 g/mol. The molecule has 94 valence electrons. The quantitative estimate of drug-likeness (QED) is 0.754. The van der Waals surface area contributed by atoms with E-state index in [-0.39, 0.29) is 5.97 Å². The van der Waals surface area contributed by atoms with Crippen LogP contribution in [-0.4, -0.2) is 35.7 Å². The van der Waals surface area contributed by atoms with E-state index in [1.807, 2.05) is 11.8 Å². The molecule has 16 heavy (non-hydrogen) atoms. The predicted octanol–water partition coefficient (Wildman–Crippen LogP) is 2.20. The molecule has 1 fully saturated rings. The van der Waals surface area contributed by atoms with Crippen LogP contribution < -0.4 is 5.32 Å². The first kappa shape index (κ1) is 13.8. The fourth-order valence-electron chi connectivity index (χ4n) is 2.50. The molecular formula is C12H23NO2S. The van der Waals surface area contributed by atoms with Gasteiger partial charge in [-0.2, -0.15) is 11.8 Å². The zero-order valence-corrected chi connectivity index (χ0v) is 11.5. The number of esters is 1. The van der Waals surface area contributed by atoms with E-state index in [1.165, 1.54) is 7.11 Å². The van der Waals surface area contributed by atoms with E-state index in [4.69, 9.17) is 4.74 Å². The van der Waals surface area contributed by atoms with Gasteiger partial charge in [0.1, 0.15) is 5.54 Å². The van der Waals surface area contributed by atoms with E-state index in [1.54, 1.807) is 0 Å². The number of nitrogens with one attached hydrogen (secondary N) is 1. The normalized spacial score (nSPS) is 29.7. The molecule has 0 heterocycles. The summed E-state index contributed by atoms with van der Waals surface area (Å²) in [6.07, 6.45) is 2.90. The second-order valence-electron chi connectivity index (χ2n) is 4.69. The molecule has 1 aliphatic rings. The molecule has 4 heteroatoms. The predicted molar refractivity (Wildman–Crippen MR) is 68.8 cm³/mol. The highest BCUT2D eigenvalue weighted by Gasteiger charge is 2.46. The van der Waals surface area contributed by atoms with Gasteiger partial charge in [0.05, 0.1) is 7.11 Å². The lowest BCUT2D eigenvalue weighted by Crippen LogP contribution is -2.53. The topological polar surface area (TPSA) is 38.3 Å². The first-order valence-electron chi connectivity index (χ1n) is 6.01. The zero-order valence-electron chi connectivity index (χ0n) is 10.7. The van der Waals surface area contributed by atoms with Crippen molar-refractivity contribution in [1.82, 2.24) is 5.32 Å². The van der Waals surface area contributed by atoms with Crippen molar-refractivity contribution < 1.29 is 9.53 Å². The van der Waals surface area contributed by atoms with Crippen molar-refractivity contribution in [2.24, 2.45) is 0 Å². The van der Waals surface area contributed by atoms with Crippen LogP contribution in [0.25, 0.3) is 0 Å². The van der Waals surface area contributed by atoms with Gasteiger partial charge in [-0.1, -0.05) is 6.92 Å². The number of hydrogen-bond acceptors (Lipinski definition) is 4. The summed E-state index contributed by atoms with van der Waals surface area (Å²) in [6.45, 7) is 6.31. The number of hydrogen-bond donors (Lipinski definition) is 1. The van der Waals surface area contributed by atoms with Crippen molar-refractivity contribution in [2.75, 3.05) is 12.9 Å². The minimum absolute atomic E-state index is 0.0968. The number of carbonyl (C=O) groups excluding carboxylic acids is 1. The van der Waals surface area contributed by atoms with Crippen LogP contribution >= 0.6 is 11.8 Å². The van der Waals surface area contributed by atoms with Gasteiger partial charge in [-0.15, -0.1) is 0 Å². The lowest BCUT2D eigenvalue weighted by molar-refractivity contribution is -0.148. The van der Waals surface area contributed by atoms with Crippen LogP contribution in [0.3, 0.4) is 0 Å². The zero-order chi connectivity index (χ0) is 12.2. The molecule has 0 aliphatic heterocycles. The number of thioether (sulfide) groups is 1. The second kappa shape index (κ2) is 5.92. The van der Waals surface area contributed by atoms with Crippen molar-refractivity contribution in [2.45, 2.75) is 56.9 Å². The van der Waals surface area contributed by atoms with Gasteiger partial charge in [0.2, 0.25) is 0 Å². The Bertz CT molecular complexity index is 245. The van der Waals surface area contributed by atoms with Crippen LogP contribution in [0, 0.1) is 0 Å². The average Bonchev–Trinajstić information content (AvgIpc) is 2.61. The maximum atomic E-state index is 11.9. The smallest absolute Gasteiger partial charge is 0.326 e. The molecule has 0 aromatic heterocycles. The Labute approximate surface area is 103 Å². The van der Waals surface area contributed by atoms with Crippen molar-refractivity contribution >= 4 is 17.7 Å². The molecule has 0 aromatic carbocycles. The molecule has 0 spiro atoms. The van der Waals surface area contributed by atoms with Crippen molar-refractivity contribution in [1.29, 1.82) is 0 Å². The Morgan fingerprint density at radius 2 is 2.31 bits per heavy atom. The standard InChI is InChI=1S/C12H23NO2S/c1-5-16-10-6-7-12(8-10,11(14)15-4)13-9(2)3/h9-10,13H,5-8H2,1-4H3. The Morgan fingerprint density at radius 1 is 1.62 bits per heavy atom. The Balaban J connectivity index is 2.70. The molecule has 1 aliphatic carbocycles. The maximum Gasteiger partial charge on any atom is 0.326 e. The van der Waals surface area contributed by atoms with Gasteiger partial charge in [-0.3, -0.25) is 10.1 Å². The van der Waals surface area contributed by atoms with Gasteiger partial charge < -0.3 is 4.74 Å². The third kappa shape index (κ3) is 3.14. The summed E-state index contributed by atoms with van der Waals surface area (Å²) >= 11 is 1.95. The first-order valence-corrected chi connectivity index (χ1v) is 7.06. The molecule has 0 amide bonds. The van der Waals surface area contributed by atoms with Crippen LogP contribution in [0.5, 0.6) is 0 Å². The summed E-state index contributed by atoms with van der Waals surface area (Å²) in [5, 5.41) is 4.00. The summed E-state index contributed by atoms with van der Waals surface area (Å²) in [7, 11) is 1.48. The third-order valence-corrected chi connectivity index (χ3v) is 4.22. The lowest BCUT2D eigenvalue weighted by Gasteiger charge is -2.30. The fraction of sp³-hybridized carbons (Fsp3) is 0.917. The lowest BCUT2D eigenvalue weighted by atomic mass is 9.97. The van der Waals surface area contributed by atoms with Crippen LogP contribution in [0.2, 0.25) is 0 Å². The third-order valence-electron chi connectivity index (χ3n) is 3.01. The van der Waals surface area contributed by atoms with Crippen LogP contribution in [-0.2, 0) is 9.53 Å².